The summed E-state index contributed by atoms with van der Waals surface area (Å²) in [5, 5.41) is 14.9. The van der Waals surface area contributed by atoms with Crippen LogP contribution in [0.4, 0.5) is 15.6 Å². The van der Waals surface area contributed by atoms with Gasteiger partial charge in [0.05, 0.1) is 0 Å². The number of aromatic nitrogens is 2. The van der Waals surface area contributed by atoms with Gasteiger partial charge >= 0.3 is 6.03 Å². The molecule has 0 radical (unpaired) electrons. The lowest BCUT2D eigenvalue weighted by Gasteiger charge is -2.08. The van der Waals surface area contributed by atoms with Crippen molar-refractivity contribution in [1.82, 2.24) is 10.2 Å². The highest BCUT2D eigenvalue weighted by molar-refractivity contribution is 7.15. The number of nitrogens with one attached hydrogen (secondary N) is 2. The Kier molecular flexibility index (Phi) is 5.70. The van der Waals surface area contributed by atoms with E-state index in [2.05, 4.69) is 20.8 Å². The molecule has 0 aliphatic heterocycles. The van der Waals surface area contributed by atoms with Crippen molar-refractivity contribution < 1.29 is 9.53 Å². The number of benzene rings is 2. The van der Waals surface area contributed by atoms with Crippen LogP contribution in [-0.2, 0) is 6.61 Å². The molecule has 0 spiro atoms. The second kappa shape index (κ2) is 8.16. The Bertz CT molecular complexity index is 929. The molecule has 2 aromatic carbocycles. The summed E-state index contributed by atoms with van der Waals surface area (Å²) in [7, 11) is 0. The van der Waals surface area contributed by atoms with Crippen LogP contribution in [0.2, 0.25) is 5.02 Å². The van der Waals surface area contributed by atoms with Crippen LogP contribution in [0.15, 0.2) is 42.5 Å². The summed E-state index contributed by atoms with van der Waals surface area (Å²) >= 11 is 7.15. The Morgan fingerprint density at radius 2 is 2.00 bits per heavy atom. The Hall–Kier alpha value is -2.64. The van der Waals surface area contributed by atoms with E-state index in [1.807, 2.05) is 32.0 Å². The Labute approximate surface area is 160 Å². The average Bonchev–Trinajstić information content (AvgIpc) is 3.03. The van der Waals surface area contributed by atoms with E-state index < -0.39 is 6.03 Å². The van der Waals surface area contributed by atoms with Gasteiger partial charge in [-0.2, -0.15) is 0 Å². The van der Waals surface area contributed by atoms with Crippen molar-refractivity contribution in [2.45, 2.75) is 20.5 Å². The minimum Gasteiger partial charge on any atom is -0.486 e. The molecular formula is C18H17ClN4O2S. The molecule has 0 saturated carbocycles. The van der Waals surface area contributed by atoms with Gasteiger partial charge in [0.2, 0.25) is 5.13 Å². The van der Waals surface area contributed by atoms with Crippen molar-refractivity contribution in [3.8, 4) is 5.75 Å². The van der Waals surface area contributed by atoms with Crippen LogP contribution in [0.25, 0.3) is 0 Å². The van der Waals surface area contributed by atoms with Crippen molar-refractivity contribution in [2.24, 2.45) is 0 Å². The Balaban J connectivity index is 1.56. The van der Waals surface area contributed by atoms with Gasteiger partial charge in [0.15, 0.2) is 5.01 Å². The fourth-order valence-electron chi connectivity index (χ4n) is 2.19. The first-order valence-electron chi connectivity index (χ1n) is 7.85. The largest absolute Gasteiger partial charge is 0.486 e. The highest BCUT2D eigenvalue weighted by Gasteiger charge is 2.10. The summed E-state index contributed by atoms with van der Waals surface area (Å²) in [4.78, 5) is 12.0. The van der Waals surface area contributed by atoms with E-state index in [0.717, 1.165) is 16.9 Å². The van der Waals surface area contributed by atoms with Gasteiger partial charge in [0.25, 0.3) is 0 Å². The van der Waals surface area contributed by atoms with Crippen LogP contribution in [0.1, 0.15) is 16.1 Å². The number of nitrogens with zero attached hydrogens (tertiary/aromatic N) is 2. The number of anilines is 2. The number of halogens is 1. The van der Waals surface area contributed by atoms with Gasteiger partial charge < -0.3 is 10.1 Å². The van der Waals surface area contributed by atoms with Gasteiger partial charge in [-0.3, -0.25) is 5.32 Å². The van der Waals surface area contributed by atoms with Crippen molar-refractivity contribution in [3.05, 3.63) is 63.6 Å². The molecule has 0 bridgehead atoms. The van der Waals surface area contributed by atoms with Crippen LogP contribution in [-0.4, -0.2) is 16.2 Å². The molecule has 0 atom stereocenters. The number of rotatable bonds is 5. The standard InChI is InChI=1S/C18H17ClN4O2S/c1-11-6-7-12(2)15(8-11)25-10-16-22-23-18(26-16)21-17(24)20-14-5-3-4-13(19)9-14/h3-9H,10H2,1-2H3,(H2,20,21,23,24). The van der Waals surface area contributed by atoms with Gasteiger partial charge in [-0.1, -0.05) is 41.1 Å². The van der Waals surface area contributed by atoms with E-state index in [9.17, 15) is 4.79 Å². The average molecular weight is 389 g/mol. The van der Waals surface area contributed by atoms with Gasteiger partial charge in [0.1, 0.15) is 12.4 Å². The molecule has 0 aliphatic carbocycles. The second-order valence-electron chi connectivity index (χ2n) is 5.65. The zero-order valence-corrected chi connectivity index (χ0v) is 15.8. The molecule has 134 valence electrons. The van der Waals surface area contributed by atoms with Crippen LogP contribution in [0.5, 0.6) is 5.75 Å². The molecule has 3 rings (SSSR count). The SMILES string of the molecule is Cc1ccc(C)c(OCc2nnc(NC(=O)Nc3cccc(Cl)c3)s2)c1. The lowest BCUT2D eigenvalue weighted by Crippen LogP contribution is -2.19. The van der Waals surface area contributed by atoms with Gasteiger partial charge in [0, 0.05) is 10.7 Å². The number of hydrogen-bond donors (Lipinski definition) is 2. The van der Waals surface area contributed by atoms with Crippen LogP contribution >= 0.6 is 22.9 Å². The van der Waals surface area contributed by atoms with E-state index in [1.54, 1.807) is 24.3 Å². The summed E-state index contributed by atoms with van der Waals surface area (Å²) < 4.78 is 5.80. The first-order valence-corrected chi connectivity index (χ1v) is 9.05. The maximum atomic E-state index is 12.0. The third-order valence-electron chi connectivity index (χ3n) is 3.46. The summed E-state index contributed by atoms with van der Waals surface area (Å²) in [5.74, 6) is 0.813. The zero-order chi connectivity index (χ0) is 18.5. The van der Waals surface area contributed by atoms with Crippen LogP contribution in [0.3, 0.4) is 0 Å². The topological polar surface area (TPSA) is 76.1 Å². The number of aryl methyl sites for hydroxylation is 2. The molecular weight excluding hydrogens is 372 g/mol. The normalized spacial score (nSPS) is 10.4. The lowest BCUT2D eigenvalue weighted by atomic mass is 10.1. The van der Waals surface area contributed by atoms with Gasteiger partial charge in [-0.15, -0.1) is 10.2 Å². The Morgan fingerprint density at radius 3 is 2.81 bits per heavy atom. The third kappa shape index (κ3) is 4.93. The predicted molar refractivity (Wildman–Crippen MR) is 104 cm³/mol. The number of urea groups is 1. The van der Waals surface area contributed by atoms with Crippen molar-refractivity contribution in [2.75, 3.05) is 10.6 Å². The summed E-state index contributed by atoms with van der Waals surface area (Å²) in [6.07, 6.45) is 0. The van der Waals surface area contributed by atoms with E-state index in [4.69, 9.17) is 16.3 Å². The summed E-state index contributed by atoms with van der Waals surface area (Å²) in [5.41, 5.74) is 2.78. The summed E-state index contributed by atoms with van der Waals surface area (Å²) in [6.45, 7) is 4.29. The molecule has 0 aliphatic rings. The van der Waals surface area contributed by atoms with E-state index >= 15 is 0 Å². The number of hydrogen-bond acceptors (Lipinski definition) is 5. The highest BCUT2D eigenvalue weighted by Crippen LogP contribution is 2.22. The van der Waals surface area contributed by atoms with E-state index in [1.165, 1.54) is 11.3 Å². The molecule has 1 aromatic heterocycles. The molecule has 0 unspecified atom stereocenters. The molecule has 26 heavy (non-hydrogen) atoms. The van der Waals surface area contributed by atoms with E-state index in [0.29, 0.717) is 27.5 Å². The maximum absolute atomic E-state index is 12.0. The van der Waals surface area contributed by atoms with Crippen molar-refractivity contribution in [3.63, 3.8) is 0 Å². The first-order chi connectivity index (χ1) is 12.5. The fraction of sp³-hybridized carbons (Fsp3) is 0.167. The number of carbonyl (C=O) groups excluding carboxylic acids is 1. The number of amides is 2. The minimum absolute atomic E-state index is 0.291. The van der Waals surface area contributed by atoms with Crippen molar-refractivity contribution in [1.29, 1.82) is 0 Å². The van der Waals surface area contributed by atoms with Gasteiger partial charge in [-0.05, 0) is 49.2 Å². The molecule has 1 heterocycles. The Morgan fingerprint density at radius 1 is 1.15 bits per heavy atom. The van der Waals surface area contributed by atoms with Crippen LogP contribution < -0.4 is 15.4 Å². The van der Waals surface area contributed by atoms with E-state index in [-0.39, 0.29) is 0 Å². The quantitative estimate of drug-likeness (QED) is 0.642. The summed E-state index contributed by atoms with van der Waals surface area (Å²) in [6, 6.07) is 12.5. The molecule has 2 N–H and O–H groups in total. The molecule has 6 nitrogen and oxygen atoms in total. The lowest BCUT2D eigenvalue weighted by molar-refractivity contribution is 0.262. The van der Waals surface area contributed by atoms with Crippen molar-refractivity contribution >= 4 is 39.8 Å². The fourth-order valence-corrected chi connectivity index (χ4v) is 3.03. The van der Waals surface area contributed by atoms with Gasteiger partial charge in [-0.25, -0.2) is 4.79 Å². The maximum Gasteiger partial charge on any atom is 0.325 e. The smallest absolute Gasteiger partial charge is 0.325 e. The molecule has 8 heteroatoms. The zero-order valence-electron chi connectivity index (χ0n) is 14.2. The molecule has 0 saturated heterocycles. The predicted octanol–water partition coefficient (Wildman–Crippen LogP) is 5.03. The minimum atomic E-state index is -0.412. The second-order valence-corrected chi connectivity index (χ2v) is 7.15. The first kappa shape index (κ1) is 18.2. The number of carbonyl (C=O) groups is 1. The third-order valence-corrected chi connectivity index (χ3v) is 4.51. The molecule has 2 amide bonds. The molecule has 0 fully saturated rings. The monoisotopic (exact) mass is 388 g/mol. The van der Waals surface area contributed by atoms with Crippen LogP contribution in [0, 0.1) is 13.8 Å². The number of ether oxygens (including phenoxy) is 1. The highest BCUT2D eigenvalue weighted by atomic mass is 35.5. The molecule has 3 aromatic rings.